The molecule has 1 heterocycles. The van der Waals surface area contributed by atoms with Crippen molar-refractivity contribution in [1.82, 2.24) is 0 Å². The summed E-state index contributed by atoms with van der Waals surface area (Å²) in [4.78, 5) is 0. The minimum atomic E-state index is 0.393. The Balaban J connectivity index is 2.16. The lowest BCUT2D eigenvalue weighted by atomic mass is 10.1. The standard InChI is InChI=1S/C9H9O2/c1-2-4-8(5-3-1)9-6-10-7-11-9/h1-5H,6-7H2. The predicted octanol–water partition coefficient (Wildman–Crippen LogP) is 1.57. The molecule has 1 aromatic carbocycles. The molecule has 1 saturated heterocycles. The minimum absolute atomic E-state index is 0.393. The molecule has 1 aliphatic heterocycles. The molecule has 0 amide bonds. The quantitative estimate of drug-likeness (QED) is 0.603. The fourth-order valence-corrected chi connectivity index (χ4v) is 1.08. The van der Waals surface area contributed by atoms with Crippen LogP contribution in [0.1, 0.15) is 5.56 Å². The Morgan fingerprint density at radius 3 is 2.55 bits per heavy atom. The molecule has 0 unspecified atom stereocenters. The Labute approximate surface area is 65.7 Å². The van der Waals surface area contributed by atoms with Gasteiger partial charge in [-0.05, 0) is 5.56 Å². The summed E-state index contributed by atoms with van der Waals surface area (Å²) in [7, 11) is 0. The summed E-state index contributed by atoms with van der Waals surface area (Å²) in [6.45, 7) is 0.994. The van der Waals surface area contributed by atoms with Gasteiger partial charge in [-0.15, -0.1) is 0 Å². The van der Waals surface area contributed by atoms with Crippen LogP contribution in [0.2, 0.25) is 0 Å². The number of ether oxygens (including phenoxy) is 2. The first-order valence-corrected chi connectivity index (χ1v) is 3.58. The van der Waals surface area contributed by atoms with Gasteiger partial charge in [0, 0.05) is 0 Å². The van der Waals surface area contributed by atoms with Crippen LogP contribution in [0.5, 0.6) is 0 Å². The molecule has 0 spiro atoms. The SMILES string of the molecule is c1ccc([C]2COCO2)cc1. The van der Waals surface area contributed by atoms with E-state index in [0.29, 0.717) is 13.4 Å². The van der Waals surface area contributed by atoms with E-state index in [1.165, 1.54) is 0 Å². The molecule has 1 radical (unpaired) electrons. The van der Waals surface area contributed by atoms with Gasteiger partial charge in [0.2, 0.25) is 0 Å². The monoisotopic (exact) mass is 149 g/mol. The summed E-state index contributed by atoms with van der Waals surface area (Å²) in [5.74, 6) is 0. The van der Waals surface area contributed by atoms with Gasteiger partial charge in [0.25, 0.3) is 0 Å². The molecule has 0 aromatic heterocycles. The van der Waals surface area contributed by atoms with Crippen LogP contribution >= 0.6 is 0 Å². The summed E-state index contributed by atoms with van der Waals surface area (Å²) in [5.41, 5.74) is 1.12. The van der Waals surface area contributed by atoms with Crippen LogP contribution in [0.3, 0.4) is 0 Å². The van der Waals surface area contributed by atoms with Crippen molar-refractivity contribution in [3.05, 3.63) is 42.0 Å². The van der Waals surface area contributed by atoms with Gasteiger partial charge >= 0.3 is 0 Å². The first-order chi connectivity index (χ1) is 5.47. The third-order valence-electron chi connectivity index (χ3n) is 1.65. The molecule has 0 saturated carbocycles. The molecular formula is C9H9O2. The molecule has 0 aliphatic carbocycles. The Morgan fingerprint density at radius 1 is 1.09 bits per heavy atom. The minimum Gasteiger partial charge on any atom is -0.352 e. The van der Waals surface area contributed by atoms with Crippen LogP contribution in [0, 0.1) is 6.10 Å². The van der Waals surface area contributed by atoms with Crippen molar-refractivity contribution in [3.63, 3.8) is 0 Å². The molecular weight excluding hydrogens is 140 g/mol. The second-order valence-corrected chi connectivity index (χ2v) is 2.40. The average Bonchev–Trinajstić information content (AvgIpc) is 2.58. The molecule has 1 aromatic rings. The third-order valence-corrected chi connectivity index (χ3v) is 1.65. The Kier molecular flexibility index (Phi) is 1.88. The van der Waals surface area contributed by atoms with Crippen LogP contribution in [-0.2, 0) is 9.47 Å². The van der Waals surface area contributed by atoms with Crippen LogP contribution < -0.4 is 0 Å². The molecule has 1 aliphatic rings. The summed E-state index contributed by atoms with van der Waals surface area (Å²) >= 11 is 0. The van der Waals surface area contributed by atoms with E-state index >= 15 is 0 Å². The van der Waals surface area contributed by atoms with E-state index in [4.69, 9.17) is 9.47 Å². The van der Waals surface area contributed by atoms with Gasteiger partial charge in [0.1, 0.15) is 6.79 Å². The van der Waals surface area contributed by atoms with Gasteiger partial charge in [-0.1, -0.05) is 30.3 Å². The summed E-state index contributed by atoms with van der Waals surface area (Å²) in [6, 6.07) is 10.0. The van der Waals surface area contributed by atoms with Crippen molar-refractivity contribution in [3.8, 4) is 0 Å². The van der Waals surface area contributed by atoms with Crippen molar-refractivity contribution in [2.45, 2.75) is 0 Å². The van der Waals surface area contributed by atoms with Crippen LogP contribution in [-0.4, -0.2) is 13.4 Å². The largest absolute Gasteiger partial charge is 0.352 e. The van der Waals surface area contributed by atoms with E-state index in [2.05, 4.69) is 0 Å². The van der Waals surface area contributed by atoms with Gasteiger partial charge in [-0.2, -0.15) is 0 Å². The molecule has 0 atom stereocenters. The van der Waals surface area contributed by atoms with Gasteiger partial charge in [-0.25, -0.2) is 0 Å². The van der Waals surface area contributed by atoms with E-state index < -0.39 is 0 Å². The first-order valence-electron chi connectivity index (χ1n) is 3.58. The second-order valence-electron chi connectivity index (χ2n) is 2.40. The average molecular weight is 149 g/mol. The summed E-state index contributed by atoms with van der Waals surface area (Å²) in [6.07, 6.45) is 0.936. The van der Waals surface area contributed by atoms with Crippen LogP contribution in [0.15, 0.2) is 30.3 Å². The molecule has 2 heteroatoms. The van der Waals surface area contributed by atoms with Crippen molar-refractivity contribution in [2.24, 2.45) is 0 Å². The maximum absolute atomic E-state index is 5.23. The number of hydrogen-bond donors (Lipinski definition) is 0. The topological polar surface area (TPSA) is 18.5 Å². The molecule has 2 rings (SSSR count). The zero-order valence-corrected chi connectivity index (χ0v) is 6.12. The van der Waals surface area contributed by atoms with E-state index in [1.807, 2.05) is 30.3 Å². The zero-order valence-electron chi connectivity index (χ0n) is 6.12. The highest BCUT2D eigenvalue weighted by molar-refractivity contribution is 5.27. The lowest BCUT2D eigenvalue weighted by Gasteiger charge is -2.03. The molecule has 1 fully saturated rings. The van der Waals surface area contributed by atoms with Crippen LogP contribution in [0.4, 0.5) is 0 Å². The fourth-order valence-electron chi connectivity index (χ4n) is 1.08. The van der Waals surface area contributed by atoms with Crippen molar-refractivity contribution in [2.75, 3.05) is 13.4 Å². The van der Waals surface area contributed by atoms with Crippen molar-refractivity contribution < 1.29 is 9.47 Å². The van der Waals surface area contributed by atoms with Gasteiger partial charge in [0.15, 0.2) is 6.10 Å². The number of rotatable bonds is 1. The Bertz CT molecular complexity index is 214. The van der Waals surface area contributed by atoms with E-state index in [1.54, 1.807) is 0 Å². The van der Waals surface area contributed by atoms with E-state index in [-0.39, 0.29) is 0 Å². The van der Waals surface area contributed by atoms with Gasteiger partial charge < -0.3 is 9.47 Å². The first kappa shape index (κ1) is 6.83. The highest BCUT2D eigenvalue weighted by Gasteiger charge is 2.18. The highest BCUT2D eigenvalue weighted by Crippen LogP contribution is 2.20. The van der Waals surface area contributed by atoms with Gasteiger partial charge in [-0.3, -0.25) is 0 Å². The Hall–Kier alpha value is -0.860. The number of hydrogen-bond acceptors (Lipinski definition) is 2. The zero-order chi connectivity index (χ0) is 7.52. The molecule has 0 N–H and O–H groups in total. The van der Waals surface area contributed by atoms with Crippen molar-refractivity contribution >= 4 is 0 Å². The fraction of sp³-hybridized carbons (Fsp3) is 0.222. The summed E-state index contributed by atoms with van der Waals surface area (Å²) < 4.78 is 10.3. The van der Waals surface area contributed by atoms with Crippen molar-refractivity contribution in [1.29, 1.82) is 0 Å². The Morgan fingerprint density at radius 2 is 1.91 bits per heavy atom. The molecule has 11 heavy (non-hydrogen) atoms. The lowest BCUT2D eigenvalue weighted by molar-refractivity contribution is 0.0730. The maximum atomic E-state index is 5.23. The third kappa shape index (κ3) is 1.42. The molecule has 2 nitrogen and oxygen atoms in total. The normalized spacial score (nSPS) is 18.9. The predicted molar refractivity (Wildman–Crippen MR) is 40.7 cm³/mol. The molecule has 0 bridgehead atoms. The second kappa shape index (κ2) is 3.03. The van der Waals surface area contributed by atoms with Gasteiger partial charge in [0.05, 0.1) is 6.61 Å². The summed E-state index contributed by atoms with van der Waals surface area (Å²) in [5, 5.41) is 0. The number of benzene rings is 1. The molecule has 57 valence electrons. The maximum Gasteiger partial charge on any atom is 0.155 e. The van der Waals surface area contributed by atoms with Crippen LogP contribution in [0.25, 0.3) is 0 Å². The van der Waals surface area contributed by atoms with E-state index in [0.717, 1.165) is 11.7 Å². The smallest absolute Gasteiger partial charge is 0.155 e. The van der Waals surface area contributed by atoms with E-state index in [9.17, 15) is 0 Å². The lowest BCUT2D eigenvalue weighted by Crippen LogP contribution is -1.99. The highest BCUT2D eigenvalue weighted by atomic mass is 16.7.